The van der Waals surface area contributed by atoms with E-state index < -0.39 is 0 Å². The van der Waals surface area contributed by atoms with E-state index in [1.165, 1.54) is 76.8 Å². The van der Waals surface area contributed by atoms with Crippen LogP contribution in [0.4, 0.5) is 17.1 Å². The Labute approximate surface area is 286 Å². The smallest absolute Gasteiger partial charge is 0.0468 e. The summed E-state index contributed by atoms with van der Waals surface area (Å²) in [6.45, 7) is 0. The molecule has 228 valence electrons. The summed E-state index contributed by atoms with van der Waals surface area (Å²) in [5.41, 5.74) is 13.7. The van der Waals surface area contributed by atoms with Crippen molar-refractivity contribution in [3.8, 4) is 44.5 Å². The van der Waals surface area contributed by atoms with Gasteiger partial charge in [0.15, 0.2) is 0 Å². The van der Waals surface area contributed by atoms with Crippen molar-refractivity contribution in [3.63, 3.8) is 0 Å². The third kappa shape index (κ3) is 4.55. The minimum atomic E-state index is 1.13. The van der Waals surface area contributed by atoms with Crippen LogP contribution in [0.25, 0.3) is 76.8 Å². The molecule has 0 saturated heterocycles. The van der Waals surface area contributed by atoms with Crippen LogP contribution in [0, 0.1) is 0 Å². The number of benzene rings is 9. The van der Waals surface area contributed by atoms with Gasteiger partial charge in [0.1, 0.15) is 0 Å². The van der Waals surface area contributed by atoms with Crippen molar-refractivity contribution in [3.05, 3.63) is 188 Å². The van der Waals surface area contributed by atoms with E-state index in [0.29, 0.717) is 0 Å². The standard InChI is InChI=1S/C48H31N/c1-2-11-39(12-3-1)49(41-26-23-32-9-4-5-10-34(32)31-41)40-24-21-33(22-25-40)35-17-18-37-30-38(20-19-36(37)29-35)42-27-28-47-44-14-7-6-13-43(44)46-16-8-15-45(42)48(46)47/h1-31H. The minimum Gasteiger partial charge on any atom is -0.310 e. The van der Waals surface area contributed by atoms with E-state index in [4.69, 9.17) is 0 Å². The first-order valence-electron chi connectivity index (χ1n) is 16.9. The van der Waals surface area contributed by atoms with Crippen molar-refractivity contribution in [2.75, 3.05) is 4.90 Å². The number of hydrogen-bond donors (Lipinski definition) is 0. The van der Waals surface area contributed by atoms with Gasteiger partial charge in [0.05, 0.1) is 0 Å². The molecule has 0 aliphatic heterocycles. The monoisotopic (exact) mass is 621 g/mol. The number of para-hydroxylation sites is 1. The Morgan fingerprint density at radius 2 is 0.796 bits per heavy atom. The first kappa shape index (κ1) is 27.7. The van der Waals surface area contributed by atoms with E-state index in [0.717, 1.165) is 17.1 Å². The molecule has 0 N–H and O–H groups in total. The van der Waals surface area contributed by atoms with Gasteiger partial charge in [-0.2, -0.15) is 0 Å². The lowest BCUT2D eigenvalue weighted by Gasteiger charge is -2.26. The van der Waals surface area contributed by atoms with Gasteiger partial charge in [-0.05, 0) is 125 Å². The zero-order chi connectivity index (χ0) is 32.3. The molecule has 49 heavy (non-hydrogen) atoms. The van der Waals surface area contributed by atoms with Gasteiger partial charge in [-0.25, -0.2) is 0 Å². The molecule has 0 saturated carbocycles. The van der Waals surface area contributed by atoms with E-state index in [1.54, 1.807) is 0 Å². The lowest BCUT2D eigenvalue weighted by atomic mass is 9.92. The Morgan fingerprint density at radius 1 is 0.265 bits per heavy atom. The third-order valence-corrected chi connectivity index (χ3v) is 10.2. The lowest BCUT2D eigenvalue weighted by molar-refractivity contribution is 1.29. The van der Waals surface area contributed by atoms with Crippen molar-refractivity contribution >= 4 is 49.4 Å². The molecule has 0 radical (unpaired) electrons. The molecule has 1 nitrogen and oxygen atoms in total. The second-order valence-corrected chi connectivity index (χ2v) is 13.0. The lowest BCUT2D eigenvalue weighted by Crippen LogP contribution is -2.09. The van der Waals surface area contributed by atoms with Crippen molar-refractivity contribution < 1.29 is 0 Å². The molecular weight excluding hydrogens is 591 g/mol. The average molecular weight is 622 g/mol. The van der Waals surface area contributed by atoms with Crippen LogP contribution in [0.2, 0.25) is 0 Å². The quantitative estimate of drug-likeness (QED) is 0.185. The molecule has 0 heterocycles. The van der Waals surface area contributed by atoms with Crippen LogP contribution in [-0.4, -0.2) is 0 Å². The zero-order valence-corrected chi connectivity index (χ0v) is 26.8. The number of hydrogen-bond acceptors (Lipinski definition) is 1. The van der Waals surface area contributed by atoms with Gasteiger partial charge in [-0.3, -0.25) is 0 Å². The summed E-state index contributed by atoms with van der Waals surface area (Å²) in [5, 5.41) is 7.65. The first-order chi connectivity index (χ1) is 24.3. The number of rotatable bonds is 5. The van der Waals surface area contributed by atoms with Crippen molar-refractivity contribution in [1.82, 2.24) is 0 Å². The highest BCUT2D eigenvalue weighted by molar-refractivity contribution is 6.18. The Bertz CT molecular complexity index is 2670. The maximum Gasteiger partial charge on any atom is 0.0468 e. The van der Waals surface area contributed by atoms with Crippen LogP contribution in [0.5, 0.6) is 0 Å². The molecule has 1 aliphatic carbocycles. The molecule has 0 fully saturated rings. The zero-order valence-electron chi connectivity index (χ0n) is 26.8. The Kier molecular flexibility index (Phi) is 6.25. The van der Waals surface area contributed by atoms with Gasteiger partial charge < -0.3 is 4.90 Å². The Morgan fingerprint density at radius 3 is 1.59 bits per heavy atom. The molecule has 0 bridgehead atoms. The number of anilines is 3. The Balaban J connectivity index is 0.993. The fourth-order valence-electron chi connectivity index (χ4n) is 7.80. The molecule has 9 aromatic carbocycles. The second kappa shape index (κ2) is 11.1. The normalized spacial score (nSPS) is 11.7. The van der Waals surface area contributed by atoms with E-state index in [2.05, 4.69) is 193 Å². The van der Waals surface area contributed by atoms with Gasteiger partial charge >= 0.3 is 0 Å². The summed E-state index contributed by atoms with van der Waals surface area (Å²) in [4.78, 5) is 2.33. The third-order valence-electron chi connectivity index (χ3n) is 10.2. The topological polar surface area (TPSA) is 3.24 Å². The van der Waals surface area contributed by atoms with Gasteiger partial charge in [-0.1, -0.05) is 140 Å². The van der Waals surface area contributed by atoms with Crippen LogP contribution < -0.4 is 4.90 Å². The van der Waals surface area contributed by atoms with Gasteiger partial charge in [-0.15, -0.1) is 0 Å². The summed E-state index contributed by atoms with van der Waals surface area (Å²) in [7, 11) is 0. The Hall–Kier alpha value is -6.44. The molecule has 0 atom stereocenters. The largest absolute Gasteiger partial charge is 0.310 e. The fourth-order valence-corrected chi connectivity index (χ4v) is 7.80. The van der Waals surface area contributed by atoms with Crippen LogP contribution in [-0.2, 0) is 0 Å². The molecule has 0 spiro atoms. The highest BCUT2D eigenvalue weighted by Gasteiger charge is 2.22. The predicted octanol–water partition coefficient (Wildman–Crippen LogP) is 13.6. The molecule has 1 aliphatic rings. The van der Waals surface area contributed by atoms with Gasteiger partial charge in [0.2, 0.25) is 0 Å². The minimum absolute atomic E-state index is 1.13. The van der Waals surface area contributed by atoms with Crippen LogP contribution in [0.15, 0.2) is 188 Å². The second-order valence-electron chi connectivity index (χ2n) is 13.0. The summed E-state index contributed by atoms with van der Waals surface area (Å²) in [5.74, 6) is 0. The summed E-state index contributed by atoms with van der Waals surface area (Å²) in [6.07, 6.45) is 0. The molecular formula is C48H31N. The highest BCUT2D eigenvalue weighted by atomic mass is 15.1. The van der Waals surface area contributed by atoms with E-state index >= 15 is 0 Å². The molecule has 1 heteroatoms. The summed E-state index contributed by atoms with van der Waals surface area (Å²) < 4.78 is 0. The van der Waals surface area contributed by atoms with Crippen molar-refractivity contribution in [2.24, 2.45) is 0 Å². The molecule has 0 unspecified atom stereocenters. The first-order valence-corrected chi connectivity index (χ1v) is 16.9. The fraction of sp³-hybridized carbons (Fsp3) is 0. The highest BCUT2D eigenvalue weighted by Crippen LogP contribution is 2.49. The summed E-state index contributed by atoms with van der Waals surface area (Å²) >= 11 is 0. The number of nitrogens with zero attached hydrogens (tertiary/aromatic N) is 1. The summed E-state index contributed by atoms with van der Waals surface area (Å²) in [6, 6.07) is 68.7. The number of fused-ring (bicyclic) bond motifs is 5. The maximum atomic E-state index is 2.34. The van der Waals surface area contributed by atoms with Crippen LogP contribution in [0.3, 0.4) is 0 Å². The SMILES string of the molecule is c1ccc(N(c2ccc(-c3ccc4cc(-c5ccc6c7c(cccc57)-c5ccccc5-6)ccc4c3)cc2)c2ccc3ccccc3c2)cc1. The van der Waals surface area contributed by atoms with E-state index in [9.17, 15) is 0 Å². The molecule has 10 rings (SSSR count). The van der Waals surface area contributed by atoms with Crippen LogP contribution in [0.1, 0.15) is 0 Å². The average Bonchev–Trinajstić information content (AvgIpc) is 3.50. The van der Waals surface area contributed by atoms with E-state index in [-0.39, 0.29) is 0 Å². The van der Waals surface area contributed by atoms with Gasteiger partial charge in [0, 0.05) is 17.1 Å². The predicted molar refractivity (Wildman–Crippen MR) is 209 cm³/mol. The molecule has 9 aromatic rings. The van der Waals surface area contributed by atoms with Crippen molar-refractivity contribution in [1.29, 1.82) is 0 Å². The molecule has 0 amide bonds. The maximum absolute atomic E-state index is 2.34. The van der Waals surface area contributed by atoms with Crippen LogP contribution >= 0.6 is 0 Å². The molecule has 0 aromatic heterocycles. The van der Waals surface area contributed by atoms with Gasteiger partial charge in [0.25, 0.3) is 0 Å². The van der Waals surface area contributed by atoms with Crippen molar-refractivity contribution in [2.45, 2.75) is 0 Å². The van der Waals surface area contributed by atoms with E-state index in [1.807, 2.05) is 0 Å².